The third-order valence-corrected chi connectivity index (χ3v) is 5.99. The minimum absolute atomic E-state index is 0.0424. The Labute approximate surface area is 176 Å². The third-order valence-electron chi connectivity index (χ3n) is 5.75. The quantitative estimate of drug-likeness (QED) is 0.733. The molecule has 0 unspecified atom stereocenters. The van der Waals surface area contributed by atoms with Gasteiger partial charge >= 0.3 is 6.03 Å². The van der Waals surface area contributed by atoms with Crippen molar-refractivity contribution in [2.24, 2.45) is 5.92 Å². The summed E-state index contributed by atoms with van der Waals surface area (Å²) < 4.78 is 0. The van der Waals surface area contributed by atoms with Gasteiger partial charge in [0.15, 0.2) is 0 Å². The number of nitrogens with one attached hydrogen (secondary N) is 1. The lowest BCUT2D eigenvalue weighted by Crippen LogP contribution is -2.49. The van der Waals surface area contributed by atoms with Crippen molar-refractivity contribution in [3.05, 3.63) is 58.6 Å². The van der Waals surface area contributed by atoms with Gasteiger partial charge in [0.25, 0.3) is 0 Å². The second kappa shape index (κ2) is 8.46. The molecule has 1 saturated carbocycles. The number of halogens is 1. The maximum Gasteiger partial charge on any atom is 0.324 e. The molecule has 0 spiro atoms. The van der Waals surface area contributed by atoms with E-state index in [1.807, 2.05) is 54.3 Å². The first-order chi connectivity index (χ1) is 14.0. The number of anilines is 2. The molecule has 4 rings (SSSR count). The molecule has 2 fully saturated rings. The molecule has 0 atom stereocenters. The van der Waals surface area contributed by atoms with Gasteiger partial charge < -0.3 is 10.2 Å². The monoisotopic (exact) mass is 411 g/mol. The number of carbonyl (C=O) groups is 2. The fourth-order valence-electron chi connectivity index (χ4n) is 3.90. The number of hydrogen-bond acceptors (Lipinski definition) is 2. The van der Waals surface area contributed by atoms with Crippen LogP contribution < -0.4 is 10.2 Å². The highest BCUT2D eigenvalue weighted by Gasteiger charge is 2.30. The van der Waals surface area contributed by atoms with E-state index in [1.54, 1.807) is 4.90 Å². The molecule has 6 heteroatoms. The molecule has 1 saturated heterocycles. The van der Waals surface area contributed by atoms with Crippen LogP contribution in [0.15, 0.2) is 42.5 Å². The number of benzene rings is 2. The zero-order valence-corrected chi connectivity index (χ0v) is 17.4. The molecule has 1 N–H and O–H groups in total. The minimum Gasteiger partial charge on any atom is -0.324 e. The van der Waals surface area contributed by atoms with Crippen molar-refractivity contribution >= 4 is 34.9 Å². The van der Waals surface area contributed by atoms with Gasteiger partial charge in [0.1, 0.15) is 0 Å². The molecule has 29 heavy (non-hydrogen) atoms. The number of nitrogens with zero attached hydrogens (tertiary/aromatic N) is 2. The second-order valence-electron chi connectivity index (χ2n) is 7.98. The molecule has 5 nitrogen and oxygen atoms in total. The van der Waals surface area contributed by atoms with Gasteiger partial charge in [0.2, 0.25) is 5.91 Å². The average molecular weight is 412 g/mol. The Morgan fingerprint density at radius 1 is 1.14 bits per heavy atom. The lowest BCUT2D eigenvalue weighted by molar-refractivity contribution is -0.122. The number of hydrogen-bond donors (Lipinski definition) is 1. The largest absolute Gasteiger partial charge is 0.324 e. The lowest BCUT2D eigenvalue weighted by Gasteiger charge is -2.37. The van der Waals surface area contributed by atoms with Gasteiger partial charge in [0, 0.05) is 30.6 Å². The van der Waals surface area contributed by atoms with Gasteiger partial charge in [-0.15, -0.1) is 0 Å². The van der Waals surface area contributed by atoms with E-state index in [1.165, 1.54) is 0 Å². The highest BCUT2D eigenvalue weighted by molar-refractivity contribution is 6.30. The van der Waals surface area contributed by atoms with Crippen LogP contribution in [0.4, 0.5) is 16.2 Å². The van der Waals surface area contributed by atoms with Crippen LogP contribution in [-0.2, 0) is 11.3 Å². The molecular weight excluding hydrogens is 386 g/mol. The van der Waals surface area contributed by atoms with E-state index in [0.29, 0.717) is 24.7 Å². The second-order valence-corrected chi connectivity index (χ2v) is 8.41. The van der Waals surface area contributed by atoms with Crippen molar-refractivity contribution in [1.82, 2.24) is 4.90 Å². The summed E-state index contributed by atoms with van der Waals surface area (Å²) in [5.41, 5.74) is 3.55. The minimum atomic E-state index is -0.0424. The van der Waals surface area contributed by atoms with Crippen molar-refractivity contribution in [2.75, 3.05) is 23.3 Å². The van der Waals surface area contributed by atoms with Gasteiger partial charge in [-0.2, -0.15) is 0 Å². The van der Waals surface area contributed by atoms with E-state index < -0.39 is 0 Å². The Hall–Kier alpha value is -2.53. The maximum atomic E-state index is 13.2. The van der Waals surface area contributed by atoms with Crippen LogP contribution in [-0.4, -0.2) is 29.9 Å². The van der Waals surface area contributed by atoms with Gasteiger partial charge in [-0.3, -0.25) is 9.69 Å². The normalized spacial score (nSPS) is 17.2. The van der Waals surface area contributed by atoms with Crippen LogP contribution in [0.5, 0.6) is 0 Å². The molecule has 1 aliphatic heterocycles. The standard InChI is InChI=1S/C23H26ClN3O2/c1-16-9-10-21(20(13-16)25-22(28)18-6-3-7-18)27-12-4-11-26(23(27)29)15-17-5-2-8-19(24)14-17/h2,5,8-10,13-14,18H,3-4,6-7,11-12,15H2,1H3,(H,25,28). The van der Waals surface area contributed by atoms with Gasteiger partial charge in [0.05, 0.1) is 11.4 Å². The van der Waals surface area contributed by atoms with Gasteiger partial charge in [-0.25, -0.2) is 4.79 Å². The number of urea groups is 1. The van der Waals surface area contributed by atoms with Crippen molar-refractivity contribution in [2.45, 2.75) is 39.2 Å². The Morgan fingerprint density at radius 3 is 2.69 bits per heavy atom. The molecule has 3 amide bonds. The molecule has 1 aliphatic carbocycles. The van der Waals surface area contributed by atoms with Crippen molar-refractivity contribution in [1.29, 1.82) is 0 Å². The van der Waals surface area contributed by atoms with E-state index in [9.17, 15) is 9.59 Å². The summed E-state index contributed by atoms with van der Waals surface area (Å²) in [7, 11) is 0. The Balaban J connectivity index is 1.55. The summed E-state index contributed by atoms with van der Waals surface area (Å²) in [4.78, 5) is 29.4. The Morgan fingerprint density at radius 2 is 1.97 bits per heavy atom. The molecular formula is C23H26ClN3O2. The molecule has 152 valence electrons. The first-order valence-electron chi connectivity index (χ1n) is 10.2. The molecule has 0 aromatic heterocycles. The molecule has 2 aromatic carbocycles. The summed E-state index contributed by atoms with van der Waals surface area (Å²) in [5, 5.41) is 3.74. The van der Waals surface area contributed by atoms with Crippen LogP contribution in [0.2, 0.25) is 5.02 Å². The molecule has 2 aliphatic rings. The van der Waals surface area contributed by atoms with Gasteiger partial charge in [-0.1, -0.05) is 36.2 Å². The SMILES string of the molecule is Cc1ccc(N2CCCN(Cc3cccc(Cl)c3)C2=O)c(NC(=O)C2CCC2)c1. The summed E-state index contributed by atoms with van der Waals surface area (Å²) in [6.45, 7) is 3.86. The van der Waals surface area contributed by atoms with E-state index in [4.69, 9.17) is 11.6 Å². The summed E-state index contributed by atoms with van der Waals surface area (Å²) in [6.07, 6.45) is 3.88. The van der Waals surface area contributed by atoms with Gasteiger partial charge in [-0.05, 0) is 61.6 Å². The zero-order chi connectivity index (χ0) is 20.4. The fraction of sp³-hybridized carbons (Fsp3) is 0.391. The smallest absolute Gasteiger partial charge is 0.324 e. The van der Waals surface area contributed by atoms with E-state index in [0.717, 1.165) is 48.2 Å². The van der Waals surface area contributed by atoms with Crippen LogP contribution in [0.1, 0.15) is 36.8 Å². The van der Waals surface area contributed by atoms with E-state index >= 15 is 0 Å². The van der Waals surface area contributed by atoms with Crippen molar-refractivity contribution < 1.29 is 9.59 Å². The maximum absolute atomic E-state index is 13.2. The lowest BCUT2D eigenvalue weighted by atomic mass is 9.85. The highest BCUT2D eigenvalue weighted by Crippen LogP contribution is 2.33. The summed E-state index contributed by atoms with van der Waals surface area (Å²) in [6, 6.07) is 13.4. The number of rotatable bonds is 5. The van der Waals surface area contributed by atoms with E-state index in [2.05, 4.69) is 5.32 Å². The molecule has 1 heterocycles. The number of carbonyl (C=O) groups excluding carboxylic acids is 2. The van der Waals surface area contributed by atoms with Crippen LogP contribution >= 0.6 is 11.6 Å². The fourth-order valence-corrected chi connectivity index (χ4v) is 4.11. The third kappa shape index (κ3) is 4.40. The highest BCUT2D eigenvalue weighted by atomic mass is 35.5. The van der Waals surface area contributed by atoms with E-state index in [-0.39, 0.29) is 17.9 Å². The van der Waals surface area contributed by atoms with Crippen LogP contribution in [0, 0.1) is 12.8 Å². The average Bonchev–Trinajstić information content (AvgIpc) is 2.63. The number of aryl methyl sites for hydroxylation is 1. The zero-order valence-electron chi connectivity index (χ0n) is 16.7. The molecule has 0 bridgehead atoms. The molecule has 2 aromatic rings. The first kappa shape index (κ1) is 19.8. The van der Waals surface area contributed by atoms with Crippen LogP contribution in [0.3, 0.4) is 0 Å². The Bertz CT molecular complexity index is 926. The molecule has 0 radical (unpaired) electrons. The predicted molar refractivity (Wildman–Crippen MR) is 116 cm³/mol. The van der Waals surface area contributed by atoms with Crippen LogP contribution in [0.25, 0.3) is 0 Å². The topological polar surface area (TPSA) is 52.6 Å². The van der Waals surface area contributed by atoms with Crippen molar-refractivity contribution in [3.63, 3.8) is 0 Å². The number of amides is 3. The summed E-state index contributed by atoms with van der Waals surface area (Å²) >= 11 is 6.10. The predicted octanol–water partition coefficient (Wildman–Crippen LogP) is 5.22. The Kier molecular flexibility index (Phi) is 5.76. The summed E-state index contributed by atoms with van der Waals surface area (Å²) in [5.74, 6) is 0.156. The van der Waals surface area contributed by atoms with Crippen molar-refractivity contribution in [3.8, 4) is 0 Å². The first-order valence-corrected chi connectivity index (χ1v) is 10.6.